The van der Waals surface area contributed by atoms with E-state index in [0.717, 1.165) is 22.8 Å². The smallest absolute Gasteiger partial charge is 0.221 e. The minimum atomic E-state index is 0.00842. The number of rotatable bonds is 10. The Balaban J connectivity index is 1.45. The maximum Gasteiger partial charge on any atom is 0.221 e. The summed E-state index contributed by atoms with van der Waals surface area (Å²) in [6.45, 7) is 1.12. The minimum absolute atomic E-state index is 0.00842. The van der Waals surface area contributed by atoms with Crippen LogP contribution in [-0.4, -0.2) is 40.1 Å². The van der Waals surface area contributed by atoms with Gasteiger partial charge in [-0.05, 0) is 42.0 Å². The second-order valence-electron chi connectivity index (χ2n) is 6.37. The maximum absolute atomic E-state index is 12.2. The Morgan fingerprint density at radius 1 is 1.21 bits per heavy atom. The van der Waals surface area contributed by atoms with Crippen molar-refractivity contribution in [3.05, 3.63) is 64.9 Å². The number of nitrogens with one attached hydrogen (secondary N) is 2. The van der Waals surface area contributed by atoms with Gasteiger partial charge in [0.2, 0.25) is 5.91 Å². The summed E-state index contributed by atoms with van der Waals surface area (Å²) in [6, 6.07) is 17.9. The fraction of sp³-hybridized carbons (Fsp3) is 0.286. The van der Waals surface area contributed by atoms with Crippen molar-refractivity contribution in [2.24, 2.45) is 0 Å². The predicted molar refractivity (Wildman–Crippen MR) is 120 cm³/mol. The number of carbonyl (C=O) groups is 1. The Bertz CT molecular complexity index is 968. The average Bonchev–Trinajstić information content (AvgIpc) is 3.13. The molecule has 0 aliphatic rings. The molecule has 1 heterocycles. The standard InChI is InChI=1S/C21H24N4O2S2/c1-27-18-9-7-17(8-10-18)20-23-24-21(28)25(20)13-11-19(26)22-12-14-29-15-16-5-3-2-4-6-16/h2-10H,11-15H2,1H3,(H,22,26)(H,24,28). The predicted octanol–water partition coefficient (Wildman–Crippen LogP) is 4.06. The summed E-state index contributed by atoms with van der Waals surface area (Å²) in [5, 5.41) is 10.1. The Morgan fingerprint density at radius 2 is 1.97 bits per heavy atom. The number of hydrogen-bond acceptors (Lipinski definition) is 5. The largest absolute Gasteiger partial charge is 0.497 e. The van der Waals surface area contributed by atoms with Crippen molar-refractivity contribution in [3.8, 4) is 17.1 Å². The lowest BCUT2D eigenvalue weighted by Gasteiger charge is -2.09. The zero-order valence-corrected chi connectivity index (χ0v) is 17.9. The van der Waals surface area contributed by atoms with Gasteiger partial charge in [-0.25, -0.2) is 0 Å². The fourth-order valence-electron chi connectivity index (χ4n) is 2.81. The van der Waals surface area contributed by atoms with Crippen molar-refractivity contribution in [1.29, 1.82) is 0 Å². The Kier molecular flexibility index (Phi) is 7.89. The van der Waals surface area contributed by atoms with Crippen LogP contribution in [0.4, 0.5) is 0 Å². The summed E-state index contributed by atoms with van der Waals surface area (Å²) < 4.78 is 7.54. The van der Waals surface area contributed by atoms with E-state index in [1.165, 1.54) is 5.56 Å². The van der Waals surface area contributed by atoms with Crippen LogP contribution in [0, 0.1) is 4.77 Å². The Hall–Kier alpha value is -2.58. The average molecular weight is 429 g/mol. The number of methoxy groups -OCH3 is 1. The summed E-state index contributed by atoms with van der Waals surface area (Å²) in [4.78, 5) is 12.2. The van der Waals surface area contributed by atoms with Gasteiger partial charge in [-0.15, -0.1) is 0 Å². The molecule has 1 aromatic heterocycles. The van der Waals surface area contributed by atoms with Crippen LogP contribution in [0.2, 0.25) is 0 Å². The van der Waals surface area contributed by atoms with Crippen molar-refractivity contribution >= 4 is 29.9 Å². The highest BCUT2D eigenvalue weighted by molar-refractivity contribution is 7.98. The quantitative estimate of drug-likeness (QED) is 0.376. The van der Waals surface area contributed by atoms with Crippen LogP contribution in [0.15, 0.2) is 54.6 Å². The number of H-pyrrole nitrogens is 1. The molecule has 3 aromatic rings. The molecule has 2 aromatic carbocycles. The van der Waals surface area contributed by atoms with Gasteiger partial charge in [0, 0.05) is 36.6 Å². The molecule has 0 fully saturated rings. The number of aromatic amines is 1. The van der Waals surface area contributed by atoms with E-state index >= 15 is 0 Å². The molecule has 1 amide bonds. The summed E-state index contributed by atoms with van der Waals surface area (Å²) in [6.07, 6.45) is 0.348. The second kappa shape index (κ2) is 10.8. The van der Waals surface area contributed by atoms with Gasteiger partial charge in [0.1, 0.15) is 5.75 Å². The van der Waals surface area contributed by atoms with E-state index in [2.05, 4.69) is 27.6 Å². The number of hydrogen-bond donors (Lipinski definition) is 2. The normalized spacial score (nSPS) is 10.7. The number of aromatic nitrogens is 3. The highest BCUT2D eigenvalue weighted by Gasteiger charge is 2.11. The van der Waals surface area contributed by atoms with Crippen molar-refractivity contribution in [1.82, 2.24) is 20.1 Å². The second-order valence-corrected chi connectivity index (χ2v) is 7.86. The molecule has 0 saturated heterocycles. The molecule has 3 rings (SSSR count). The molecule has 152 valence electrons. The van der Waals surface area contributed by atoms with Gasteiger partial charge >= 0.3 is 0 Å². The number of thioether (sulfide) groups is 1. The van der Waals surface area contributed by atoms with E-state index in [9.17, 15) is 4.79 Å². The molecule has 0 bridgehead atoms. The summed E-state index contributed by atoms with van der Waals surface area (Å²) >= 11 is 7.13. The van der Waals surface area contributed by atoms with E-state index in [1.54, 1.807) is 7.11 Å². The van der Waals surface area contributed by atoms with Gasteiger partial charge in [0.15, 0.2) is 10.6 Å². The Morgan fingerprint density at radius 3 is 2.69 bits per heavy atom. The van der Waals surface area contributed by atoms with E-state index < -0.39 is 0 Å². The number of carbonyl (C=O) groups excluding carboxylic acids is 1. The molecule has 0 aliphatic heterocycles. The zero-order valence-electron chi connectivity index (χ0n) is 16.3. The van der Waals surface area contributed by atoms with Crippen molar-refractivity contribution < 1.29 is 9.53 Å². The third kappa shape index (κ3) is 6.20. The molecular weight excluding hydrogens is 404 g/mol. The van der Waals surface area contributed by atoms with Gasteiger partial charge < -0.3 is 10.1 Å². The number of ether oxygens (including phenoxy) is 1. The first kappa shape index (κ1) is 21.1. The van der Waals surface area contributed by atoms with Gasteiger partial charge in [-0.2, -0.15) is 16.9 Å². The van der Waals surface area contributed by atoms with Crippen LogP contribution in [0.3, 0.4) is 0 Å². The molecule has 0 saturated carbocycles. The lowest BCUT2D eigenvalue weighted by molar-refractivity contribution is -0.121. The van der Waals surface area contributed by atoms with E-state index in [1.807, 2.05) is 58.8 Å². The van der Waals surface area contributed by atoms with Crippen molar-refractivity contribution in [3.63, 3.8) is 0 Å². The molecular formula is C21H24N4O2S2. The van der Waals surface area contributed by atoms with E-state index in [-0.39, 0.29) is 5.91 Å². The van der Waals surface area contributed by atoms with Crippen LogP contribution in [0.5, 0.6) is 5.75 Å². The molecule has 0 spiro atoms. The van der Waals surface area contributed by atoms with Crippen LogP contribution < -0.4 is 10.1 Å². The third-order valence-corrected chi connectivity index (χ3v) is 5.69. The fourth-order valence-corrected chi connectivity index (χ4v) is 3.86. The van der Waals surface area contributed by atoms with Crippen LogP contribution in [0.25, 0.3) is 11.4 Å². The summed E-state index contributed by atoms with van der Waals surface area (Å²) in [5.74, 6) is 3.33. The first-order chi connectivity index (χ1) is 14.2. The molecule has 0 aliphatic carbocycles. The molecule has 0 radical (unpaired) electrons. The zero-order chi connectivity index (χ0) is 20.5. The molecule has 29 heavy (non-hydrogen) atoms. The van der Waals surface area contributed by atoms with Gasteiger partial charge in [-0.3, -0.25) is 14.5 Å². The number of nitrogens with zero attached hydrogens (tertiary/aromatic N) is 2. The van der Waals surface area contributed by atoms with E-state index in [4.69, 9.17) is 17.0 Å². The molecule has 8 heteroatoms. The van der Waals surface area contributed by atoms with Crippen molar-refractivity contribution in [2.45, 2.75) is 18.7 Å². The van der Waals surface area contributed by atoms with Gasteiger partial charge in [-0.1, -0.05) is 30.3 Å². The van der Waals surface area contributed by atoms with Crippen LogP contribution >= 0.6 is 24.0 Å². The highest BCUT2D eigenvalue weighted by Crippen LogP contribution is 2.21. The molecule has 0 unspecified atom stereocenters. The lowest BCUT2D eigenvalue weighted by atomic mass is 10.2. The first-order valence-corrected chi connectivity index (χ1v) is 10.9. The topological polar surface area (TPSA) is 71.9 Å². The Labute approximate surface area is 179 Å². The first-order valence-electron chi connectivity index (χ1n) is 9.35. The highest BCUT2D eigenvalue weighted by atomic mass is 32.2. The molecule has 6 nitrogen and oxygen atoms in total. The van der Waals surface area contributed by atoms with Crippen LogP contribution in [-0.2, 0) is 17.1 Å². The monoisotopic (exact) mass is 428 g/mol. The lowest BCUT2D eigenvalue weighted by Crippen LogP contribution is -2.26. The summed E-state index contributed by atoms with van der Waals surface area (Å²) in [5.41, 5.74) is 2.21. The van der Waals surface area contributed by atoms with Gasteiger partial charge in [0.25, 0.3) is 0 Å². The number of amides is 1. The third-order valence-electron chi connectivity index (χ3n) is 4.35. The minimum Gasteiger partial charge on any atom is -0.497 e. The van der Waals surface area contributed by atoms with Gasteiger partial charge in [0.05, 0.1) is 7.11 Å². The molecule has 0 atom stereocenters. The number of benzene rings is 2. The maximum atomic E-state index is 12.2. The van der Waals surface area contributed by atoms with Crippen LogP contribution in [0.1, 0.15) is 12.0 Å². The van der Waals surface area contributed by atoms with Crippen molar-refractivity contribution in [2.75, 3.05) is 19.4 Å². The SMILES string of the molecule is COc1ccc(-c2n[nH]c(=S)n2CCC(=O)NCCSCc2ccccc2)cc1. The molecule has 2 N–H and O–H groups in total. The summed E-state index contributed by atoms with van der Waals surface area (Å²) in [7, 11) is 1.63. The van der Waals surface area contributed by atoms with E-state index in [0.29, 0.717) is 30.1 Å².